The number of methoxy groups -OCH3 is 2. The Balaban J connectivity index is 1.83. The zero-order valence-corrected chi connectivity index (χ0v) is 19.3. The standard InChI is InChI=1S/C25H23Cl2N3O2/c1-31-21-9-4-17(5-10-21)23(13-19-3-8-20(26)14-24(19)27)25(30-15-28-29-16-30)18-6-11-22(32-2)12-7-18/h3-12,14-16,23,25H,13H2,1-2H3. The van der Waals surface area contributed by atoms with E-state index in [4.69, 9.17) is 32.7 Å². The minimum atomic E-state index is -0.0731. The number of hydrogen-bond acceptors (Lipinski definition) is 4. The van der Waals surface area contributed by atoms with Gasteiger partial charge in [0.15, 0.2) is 0 Å². The van der Waals surface area contributed by atoms with Gasteiger partial charge in [-0.15, -0.1) is 10.2 Å². The molecule has 164 valence electrons. The molecule has 0 amide bonds. The monoisotopic (exact) mass is 467 g/mol. The van der Waals surface area contributed by atoms with Crippen molar-refractivity contribution in [1.29, 1.82) is 0 Å². The number of rotatable bonds is 8. The van der Waals surface area contributed by atoms with E-state index < -0.39 is 0 Å². The molecule has 5 nitrogen and oxygen atoms in total. The second kappa shape index (κ2) is 10.1. The van der Waals surface area contributed by atoms with Crippen molar-refractivity contribution in [3.63, 3.8) is 0 Å². The van der Waals surface area contributed by atoms with Gasteiger partial charge in [-0.25, -0.2) is 0 Å². The van der Waals surface area contributed by atoms with E-state index in [1.165, 1.54) is 0 Å². The topological polar surface area (TPSA) is 49.2 Å². The zero-order valence-electron chi connectivity index (χ0n) is 17.8. The van der Waals surface area contributed by atoms with Crippen LogP contribution in [0.15, 0.2) is 79.4 Å². The highest BCUT2D eigenvalue weighted by molar-refractivity contribution is 6.35. The maximum Gasteiger partial charge on any atom is 0.119 e. The van der Waals surface area contributed by atoms with Gasteiger partial charge in [0.05, 0.1) is 20.3 Å². The molecule has 2 atom stereocenters. The Hall–Kier alpha value is -3.02. The largest absolute Gasteiger partial charge is 0.497 e. The van der Waals surface area contributed by atoms with Crippen LogP contribution in [0.3, 0.4) is 0 Å². The van der Waals surface area contributed by atoms with Gasteiger partial charge in [0.1, 0.15) is 24.2 Å². The Morgan fingerprint density at radius 2 is 1.34 bits per heavy atom. The molecule has 0 aliphatic carbocycles. The average Bonchev–Trinajstić information content (AvgIpc) is 3.35. The van der Waals surface area contributed by atoms with Gasteiger partial charge in [-0.3, -0.25) is 0 Å². The highest BCUT2D eigenvalue weighted by Gasteiger charge is 2.28. The van der Waals surface area contributed by atoms with Gasteiger partial charge in [0.2, 0.25) is 0 Å². The van der Waals surface area contributed by atoms with Crippen LogP contribution in [0.1, 0.15) is 28.7 Å². The summed E-state index contributed by atoms with van der Waals surface area (Å²) in [5.74, 6) is 1.64. The summed E-state index contributed by atoms with van der Waals surface area (Å²) < 4.78 is 12.8. The molecule has 0 radical (unpaired) electrons. The van der Waals surface area contributed by atoms with E-state index in [0.29, 0.717) is 16.5 Å². The molecule has 0 fully saturated rings. The van der Waals surface area contributed by atoms with Crippen LogP contribution in [-0.4, -0.2) is 29.0 Å². The molecule has 7 heteroatoms. The molecule has 3 aromatic carbocycles. The molecule has 1 heterocycles. The van der Waals surface area contributed by atoms with Crippen molar-refractivity contribution in [3.05, 3.63) is 106 Å². The molecule has 4 rings (SSSR count). The van der Waals surface area contributed by atoms with Gasteiger partial charge < -0.3 is 14.0 Å². The summed E-state index contributed by atoms with van der Waals surface area (Å²) in [6.07, 6.45) is 4.18. The SMILES string of the molecule is COc1ccc(C(Cc2ccc(Cl)cc2Cl)C(c2ccc(OC)cc2)n2cnnc2)cc1. The van der Waals surface area contributed by atoms with Crippen molar-refractivity contribution >= 4 is 23.2 Å². The summed E-state index contributed by atoms with van der Waals surface area (Å²) in [5.41, 5.74) is 3.27. The Morgan fingerprint density at radius 1 is 0.781 bits per heavy atom. The summed E-state index contributed by atoms with van der Waals surface area (Å²) in [7, 11) is 3.33. The van der Waals surface area contributed by atoms with Gasteiger partial charge in [0, 0.05) is 16.0 Å². The lowest BCUT2D eigenvalue weighted by Crippen LogP contribution is -2.21. The molecule has 4 aromatic rings. The summed E-state index contributed by atoms with van der Waals surface area (Å²) >= 11 is 12.7. The van der Waals surface area contributed by atoms with Crippen LogP contribution in [0, 0.1) is 0 Å². The lowest BCUT2D eigenvalue weighted by Gasteiger charge is -2.29. The molecule has 0 aliphatic heterocycles. The predicted molar refractivity (Wildman–Crippen MR) is 127 cm³/mol. The third kappa shape index (κ3) is 4.90. The Morgan fingerprint density at radius 3 is 1.88 bits per heavy atom. The molecular formula is C25H23Cl2N3O2. The zero-order chi connectivity index (χ0) is 22.5. The average molecular weight is 468 g/mol. The molecule has 2 unspecified atom stereocenters. The van der Waals surface area contributed by atoms with Gasteiger partial charge in [0.25, 0.3) is 0 Å². The van der Waals surface area contributed by atoms with Crippen LogP contribution in [0.25, 0.3) is 0 Å². The van der Waals surface area contributed by atoms with Gasteiger partial charge in [-0.05, 0) is 59.5 Å². The minimum absolute atomic E-state index is 0.0315. The number of ether oxygens (including phenoxy) is 2. The number of nitrogens with zero attached hydrogens (tertiary/aromatic N) is 3. The summed E-state index contributed by atoms with van der Waals surface area (Å²) in [6, 6.07) is 21.8. The first kappa shape index (κ1) is 22.2. The van der Waals surface area contributed by atoms with Gasteiger partial charge in [-0.1, -0.05) is 53.5 Å². The Bertz CT molecular complexity index is 1150. The fraction of sp³-hybridized carbons (Fsp3) is 0.200. The number of benzene rings is 3. The lowest BCUT2D eigenvalue weighted by molar-refractivity contribution is 0.412. The minimum Gasteiger partial charge on any atom is -0.497 e. The second-order valence-corrected chi connectivity index (χ2v) is 8.29. The van der Waals surface area contributed by atoms with E-state index in [-0.39, 0.29) is 12.0 Å². The number of hydrogen-bond donors (Lipinski definition) is 0. The summed E-state index contributed by atoms with van der Waals surface area (Å²) in [5, 5.41) is 9.40. The van der Waals surface area contributed by atoms with E-state index in [2.05, 4.69) is 34.5 Å². The van der Waals surface area contributed by atoms with Crippen LogP contribution in [0.2, 0.25) is 10.0 Å². The molecule has 0 saturated carbocycles. The van der Waals surface area contributed by atoms with E-state index >= 15 is 0 Å². The van der Waals surface area contributed by atoms with Gasteiger partial charge >= 0.3 is 0 Å². The lowest BCUT2D eigenvalue weighted by atomic mass is 9.82. The Kier molecular flexibility index (Phi) is 6.98. The quantitative estimate of drug-likeness (QED) is 0.308. The van der Waals surface area contributed by atoms with E-state index in [1.807, 2.05) is 41.0 Å². The Labute approximate surface area is 197 Å². The van der Waals surface area contributed by atoms with Crippen LogP contribution in [-0.2, 0) is 6.42 Å². The first-order valence-electron chi connectivity index (χ1n) is 10.1. The summed E-state index contributed by atoms with van der Waals surface area (Å²) in [4.78, 5) is 0. The van der Waals surface area contributed by atoms with Crippen LogP contribution in [0.4, 0.5) is 0 Å². The predicted octanol–water partition coefficient (Wildman–Crippen LogP) is 6.22. The first-order chi connectivity index (χ1) is 15.6. The summed E-state index contributed by atoms with van der Waals surface area (Å²) in [6.45, 7) is 0. The van der Waals surface area contributed by atoms with Crippen molar-refractivity contribution in [1.82, 2.24) is 14.8 Å². The second-order valence-electron chi connectivity index (χ2n) is 7.45. The van der Waals surface area contributed by atoms with Crippen LogP contribution < -0.4 is 9.47 Å². The molecule has 0 spiro atoms. The van der Waals surface area contributed by atoms with Crippen molar-refractivity contribution in [2.24, 2.45) is 0 Å². The highest BCUT2D eigenvalue weighted by atomic mass is 35.5. The molecular weight excluding hydrogens is 445 g/mol. The molecule has 0 bridgehead atoms. The van der Waals surface area contributed by atoms with Crippen molar-refractivity contribution in [3.8, 4) is 11.5 Å². The van der Waals surface area contributed by atoms with Gasteiger partial charge in [-0.2, -0.15) is 0 Å². The van der Waals surface area contributed by atoms with Crippen molar-refractivity contribution in [2.45, 2.75) is 18.4 Å². The smallest absolute Gasteiger partial charge is 0.119 e. The fourth-order valence-electron chi connectivity index (χ4n) is 3.95. The highest BCUT2D eigenvalue weighted by Crippen LogP contribution is 2.39. The van der Waals surface area contributed by atoms with Crippen molar-refractivity contribution in [2.75, 3.05) is 14.2 Å². The third-order valence-corrected chi connectivity index (χ3v) is 6.18. The molecule has 1 aromatic heterocycles. The van der Waals surface area contributed by atoms with E-state index in [9.17, 15) is 0 Å². The number of aromatic nitrogens is 3. The maximum atomic E-state index is 6.57. The van der Waals surface area contributed by atoms with Crippen molar-refractivity contribution < 1.29 is 9.47 Å². The third-order valence-electron chi connectivity index (χ3n) is 5.60. The van der Waals surface area contributed by atoms with E-state index in [0.717, 1.165) is 28.2 Å². The first-order valence-corrected chi connectivity index (χ1v) is 10.9. The molecule has 0 aliphatic rings. The fourth-order valence-corrected chi connectivity index (χ4v) is 4.44. The van der Waals surface area contributed by atoms with Crippen LogP contribution >= 0.6 is 23.2 Å². The van der Waals surface area contributed by atoms with E-state index in [1.54, 1.807) is 32.9 Å². The van der Waals surface area contributed by atoms with Crippen LogP contribution in [0.5, 0.6) is 11.5 Å². The molecule has 0 saturated heterocycles. The number of halogens is 2. The normalized spacial score (nSPS) is 12.9. The molecule has 32 heavy (non-hydrogen) atoms. The maximum absolute atomic E-state index is 6.57. The molecule has 0 N–H and O–H groups in total.